The molecule has 0 radical (unpaired) electrons. The van der Waals surface area contributed by atoms with Crippen molar-refractivity contribution in [2.45, 2.75) is 38.2 Å². The van der Waals surface area contributed by atoms with Crippen molar-refractivity contribution in [1.82, 2.24) is 4.98 Å². The van der Waals surface area contributed by atoms with Crippen molar-refractivity contribution < 1.29 is 10.0 Å². The smallest absolute Gasteiger partial charge is 0.288 e. The highest BCUT2D eigenvalue weighted by atomic mass is 79.9. The molecule has 0 saturated heterocycles. The molecule has 6 nitrogen and oxygen atoms in total. The van der Waals surface area contributed by atoms with E-state index in [4.69, 9.17) is 0 Å². The number of halogens is 1. The number of nitro groups is 1. The van der Waals surface area contributed by atoms with Crippen LogP contribution in [0, 0.1) is 16.0 Å². The van der Waals surface area contributed by atoms with Gasteiger partial charge in [0.05, 0.1) is 15.0 Å². The van der Waals surface area contributed by atoms with Crippen LogP contribution in [0.15, 0.2) is 16.7 Å². The number of pyridine rings is 1. The van der Waals surface area contributed by atoms with E-state index in [1.807, 2.05) is 0 Å². The van der Waals surface area contributed by atoms with Crippen LogP contribution in [0.25, 0.3) is 0 Å². The zero-order chi connectivity index (χ0) is 14.8. The highest BCUT2D eigenvalue weighted by Crippen LogP contribution is 2.33. The lowest BCUT2D eigenvalue weighted by molar-refractivity contribution is -0.385. The van der Waals surface area contributed by atoms with E-state index in [9.17, 15) is 15.2 Å². The van der Waals surface area contributed by atoms with Gasteiger partial charge in [0.15, 0.2) is 0 Å². The van der Waals surface area contributed by atoms with Crippen LogP contribution in [-0.4, -0.2) is 27.2 Å². The maximum atomic E-state index is 10.6. The molecule has 1 aliphatic rings. The summed E-state index contributed by atoms with van der Waals surface area (Å²) in [6.45, 7) is 2.55. The first-order chi connectivity index (χ1) is 9.39. The molecule has 2 unspecified atom stereocenters. The molecule has 1 aromatic heterocycles. The number of aromatic nitrogens is 1. The van der Waals surface area contributed by atoms with E-state index < -0.39 is 10.5 Å². The molecule has 1 heterocycles. The number of aliphatic hydroxyl groups is 1. The number of hydrogen-bond acceptors (Lipinski definition) is 5. The molecule has 0 aromatic carbocycles. The normalized spacial score (nSPS) is 26.2. The minimum atomic E-state index is -0.722. The first kappa shape index (κ1) is 15.2. The van der Waals surface area contributed by atoms with Gasteiger partial charge < -0.3 is 10.4 Å². The lowest BCUT2D eigenvalue weighted by Gasteiger charge is -2.35. The molecular formula is C13H18BrN3O3. The summed E-state index contributed by atoms with van der Waals surface area (Å²) in [5, 5.41) is 24.2. The van der Waals surface area contributed by atoms with Crippen molar-refractivity contribution in [3.63, 3.8) is 0 Å². The van der Waals surface area contributed by atoms with E-state index in [1.165, 1.54) is 12.3 Å². The van der Waals surface area contributed by atoms with Crippen LogP contribution in [0.3, 0.4) is 0 Å². The minimum Gasteiger partial charge on any atom is -0.388 e. The SMILES string of the molecule is CC1CCCC(O)(CNc2ncc([N+](=O)[O-])cc2Br)C1. The lowest BCUT2D eigenvalue weighted by Crippen LogP contribution is -2.41. The average Bonchev–Trinajstić information content (AvgIpc) is 2.36. The van der Waals surface area contributed by atoms with Crippen LogP contribution in [0.4, 0.5) is 11.5 Å². The van der Waals surface area contributed by atoms with Crippen LogP contribution in [0.1, 0.15) is 32.6 Å². The first-order valence-electron chi connectivity index (χ1n) is 6.66. The van der Waals surface area contributed by atoms with E-state index in [1.54, 1.807) is 0 Å². The Hall–Kier alpha value is -1.21. The van der Waals surface area contributed by atoms with E-state index >= 15 is 0 Å². The molecule has 0 spiro atoms. The summed E-state index contributed by atoms with van der Waals surface area (Å²) in [6.07, 6.45) is 4.93. The Morgan fingerprint density at radius 2 is 2.45 bits per heavy atom. The zero-order valence-electron chi connectivity index (χ0n) is 11.3. The summed E-state index contributed by atoms with van der Waals surface area (Å²) in [6, 6.07) is 1.41. The number of rotatable bonds is 4. The Kier molecular flexibility index (Phi) is 4.59. The highest BCUT2D eigenvalue weighted by Gasteiger charge is 2.32. The Bertz CT molecular complexity index is 512. The van der Waals surface area contributed by atoms with E-state index in [-0.39, 0.29) is 5.69 Å². The van der Waals surface area contributed by atoms with Gasteiger partial charge in [0.25, 0.3) is 5.69 Å². The van der Waals surface area contributed by atoms with Crippen LogP contribution >= 0.6 is 15.9 Å². The van der Waals surface area contributed by atoms with Crippen molar-refractivity contribution in [2.75, 3.05) is 11.9 Å². The minimum absolute atomic E-state index is 0.0626. The fourth-order valence-electron chi connectivity index (χ4n) is 2.70. The van der Waals surface area contributed by atoms with Crippen molar-refractivity contribution >= 4 is 27.4 Å². The maximum absolute atomic E-state index is 10.6. The van der Waals surface area contributed by atoms with Gasteiger partial charge in [-0.25, -0.2) is 4.98 Å². The van der Waals surface area contributed by atoms with E-state index in [2.05, 4.69) is 33.2 Å². The molecule has 1 fully saturated rings. The van der Waals surface area contributed by atoms with Gasteiger partial charge >= 0.3 is 0 Å². The Morgan fingerprint density at radius 3 is 3.05 bits per heavy atom. The third kappa shape index (κ3) is 3.67. The van der Waals surface area contributed by atoms with Gasteiger partial charge in [-0.15, -0.1) is 0 Å². The quantitative estimate of drug-likeness (QED) is 0.647. The molecule has 0 aliphatic heterocycles. The fraction of sp³-hybridized carbons (Fsp3) is 0.615. The second kappa shape index (κ2) is 6.05. The van der Waals surface area contributed by atoms with Gasteiger partial charge in [-0.05, 0) is 34.7 Å². The molecule has 110 valence electrons. The summed E-state index contributed by atoms with van der Waals surface area (Å²) in [4.78, 5) is 14.2. The lowest BCUT2D eigenvalue weighted by atomic mass is 9.79. The molecule has 1 aliphatic carbocycles. The number of anilines is 1. The topological polar surface area (TPSA) is 88.3 Å². The van der Waals surface area contributed by atoms with Gasteiger partial charge in [0.2, 0.25) is 0 Å². The molecule has 0 bridgehead atoms. The van der Waals surface area contributed by atoms with Gasteiger partial charge in [-0.3, -0.25) is 10.1 Å². The molecule has 1 saturated carbocycles. The van der Waals surface area contributed by atoms with Crippen molar-refractivity contribution in [2.24, 2.45) is 5.92 Å². The Balaban J connectivity index is 2.02. The van der Waals surface area contributed by atoms with Crippen molar-refractivity contribution in [1.29, 1.82) is 0 Å². The third-order valence-electron chi connectivity index (χ3n) is 3.69. The monoisotopic (exact) mass is 343 g/mol. The number of hydrogen-bond donors (Lipinski definition) is 2. The Morgan fingerprint density at radius 1 is 1.70 bits per heavy atom. The van der Waals surface area contributed by atoms with Crippen LogP contribution in [-0.2, 0) is 0 Å². The average molecular weight is 344 g/mol. The van der Waals surface area contributed by atoms with E-state index in [0.29, 0.717) is 22.8 Å². The molecule has 7 heteroatoms. The molecule has 20 heavy (non-hydrogen) atoms. The number of nitrogens with one attached hydrogen (secondary N) is 1. The standard InChI is InChI=1S/C13H18BrN3O3/c1-9-3-2-4-13(18,6-9)8-16-12-11(14)5-10(7-15-12)17(19)20/h5,7,9,18H,2-4,6,8H2,1H3,(H,15,16). The summed E-state index contributed by atoms with van der Waals surface area (Å²) < 4.78 is 0.527. The molecule has 0 amide bonds. The molecular weight excluding hydrogens is 326 g/mol. The summed E-state index contributed by atoms with van der Waals surface area (Å²) in [5.74, 6) is 1.03. The molecule has 2 rings (SSSR count). The summed E-state index contributed by atoms with van der Waals surface area (Å²) in [7, 11) is 0. The van der Waals surface area contributed by atoms with Crippen LogP contribution in [0.5, 0.6) is 0 Å². The second-order valence-electron chi connectivity index (χ2n) is 5.56. The van der Waals surface area contributed by atoms with Gasteiger partial charge in [-0.2, -0.15) is 0 Å². The molecule has 1 aromatic rings. The first-order valence-corrected chi connectivity index (χ1v) is 7.45. The van der Waals surface area contributed by atoms with E-state index in [0.717, 1.165) is 25.7 Å². The predicted octanol–water partition coefficient (Wildman–Crippen LogP) is 3.11. The predicted molar refractivity (Wildman–Crippen MR) is 79.7 cm³/mol. The summed E-state index contributed by atoms with van der Waals surface area (Å²) in [5.41, 5.74) is -0.784. The largest absolute Gasteiger partial charge is 0.388 e. The zero-order valence-corrected chi connectivity index (χ0v) is 12.9. The molecule has 2 atom stereocenters. The third-order valence-corrected chi connectivity index (χ3v) is 4.29. The fourth-order valence-corrected chi connectivity index (χ4v) is 3.18. The second-order valence-corrected chi connectivity index (χ2v) is 6.41. The number of nitrogens with zero attached hydrogens (tertiary/aromatic N) is 2. The highest BCUT2D eigenvalue weighted by molar-refractivity contribution is 9.10. The maximum Gasteiger partial charge on any atom is 0.288 e. The van der Waals surface area contributed by atoms with Crippen molar-refractivity contribution in [3.8, 4) is 0 Å². The van der Waals surface area contributed by atoms with Crippen LogP contribution < -0.4 is 5.32 Å². The molecule has 2 N–H and O–H groups in total. The van der Waals surface area contributed by atoms with Gasteiger partial charge in [0.1, 0.15) is 12.0 Å². The Labute approximate surface area is 125 Å². The van der Waals surface area contributed by atoms with Crippen molar-refractivity contribution in [3.05, 3.63) is 26.9 Å². The summed E-state index contributed by atoms with van der Waals surface area (Å²) >= 11 is 3.26. The van der Waals surface area contributed by atoms with Gasteiger partial charge in [-0.1, -0.05) is 19.8 Å². The van der Waals surface area contributed by atoms with Crippen LogP contribution in [0.2, 0.25) is 0 Å². The van der Waals surface area contributed by atoms with Gasteiger partial charge in [0, 0.05) is 12.6 Å².